The van der Waals surface area contributed by atoms with Gasteiger partial charge in [-0.25, -0.2) is 0 Å². The Balaban J connectivity index is 1.92. The van der Waals surface area contributed by atoms with Gasteiger partial charge in [-0.1, -0.05) is 6.92 Å². The van der Waals surface area contributed by atoms with Crippen LogP contribution in [-0.4, -0.2) is 37.1 Å². The van der Waals surface area contributed by atoms with Gasteiger partial charge < -0.3 is 10.2 Å². The molecule has 16 heavy (non-hydrogen) atoms. The third-order valence-electron chi connectivity index (χ3n) is 3.95. The number of unbranched alkanes of at least 4 members (excludes halogenated alkanes) is 1. The lowest BCUT2D eigenvalue weighted by Crippen LogP contribution is -2.30. The molecule has 0 aliphatic heterocycles. The molecule has 1 N–H and O–H groups in total. The van der Waals surface area contributed by atoms with Gasteiger partial charge in [0.15, 0.2) is 0 Å². The first-order valence-corrected chi connectivity index (χ1v) is 7.03. The highest BCUT2D eigenvalue weighted by atomic mass is 15.1. The van der Waals surface area contributed by atoms with Crippen LogP contribution >= 0.6 is 0 Å². The molecule has 0 amide bonds. The van der Waals surface area contributed by atoms with Crippen molar-refractivity contribution < 1.29 is 0 Å². The zero-order chi connectivity index (χ0) is 12.0. The van der Waals surface area contributed by atoms with Crippen LogP contribution in [0.2, 0.25) is 0 Å². The lowest BCUT2D eigenvalue weighted by atomic mass is 10.1. The maximum Gasteiger partial charge on any atom is 0.00696 e. The van der Waals surface area contributed by atoms with Crippen molar-refractivity contribution in [2.75, 3.05) is 20.1 Å². The Bertz CT molecular complexity index is 180. The molecule has 0 heterocycles. The third kappa shape index (κ3) is 5.31. The maximum atomic E-state index is 3.70. The van der Waals surface area contributed by atoms with Crippen molar-refractivity contribution in [3.05, 3.63) is 0 Å². The first kappa shape index (κ1) is 14.0. The van der Waals surface area contributed by atoms with Crippen molar-refractivity contribution in [3.8, 4) is 0 Å². The topological polar surface area (TPSA) is 15.3 Å². The molecule has 1 aliphatic carbocycles. The van der Waals surface area contributed by atoms with E-state index in [0.717, 1.165) is 12.0 Å². The van der Waals surface area contributed by atoms with E-state index >= 15 is 0 Å². The van der Waals surface area contributed by atoms with E-state index in [-0.39, 0.29) is 0 Å². The van der Waals surface area contributed by atoms with Crippen molar-refractivity contribution in [1.29, 1.82) is 0 Å². The molecule has 1 fully saturated rings. The van der Waals surface area contributed by atoms with Crippen LogP contribution < -0.4 is 5.32 Å². The fraction of sp³-hybridized carbons (Fsp3) is 1.00. The minimum Gasteiger partial charge on any atom is -0.314 e. The van der Waals surface area contributed by atoms with Gasteiger partial charge in [0, 0.05) is 12.1 Å². The van der Waals surface area contributed by atoms with Crippen LogP contribution in [0.4, 0.5) is 0 Å². The van der Waals surface area contributed by atoms with Crippen molar-refractivity contribution in [3.63, 3.8) is 0 Å². The second-order valence-electron chi connectivity index (χ2n) is 5.85. The average molecular weight is 226 g/mol. The Morgan fingerprint density at radius 2 is 2.00 bits per heavy atom. The quantitative estimate of drug-likeness (QED) is 0.672. The SMILES string of the molecule is CC1CCC(NCCCCN(C)C(C)C)C1. The monoisotopic (exact) mass is 226 g/mol. The Labute approximate surface area is 102 Å². The van der Waals surface area contributed by atoms with E-state index in [1.54, 1.807) is 0 Å². The largest absolute Gasteiger partial charge is 0.314 e. The highest BCUT2D eigenvalue weighted by molar-refractivity contribution is 4.77. The number of hydrogen-bond donors (Lipinski definition) is 1. The fourth-order valence-electron chi connectivity index (χ4n) is 2.44. The Morgan fingerprint density at radius 3 is 2.56 bits per heavy atom. The number of nitrogens with zero attached hydrogens (tertiary/aromatic N) is 1. The van der Waals surface area contributed by atoms with E-state index < -0.39 is 0 Å². The number of hydrogen-bond acceptors (Lipinski definition) is 2. The molecule has 0 bridgehead atoms. The summed E-state index contributed by atoms with van der Waals surface area (Å²) < 4.78 is 0. The summed E-state index contributed by atoms with van der Waals surface area (Å²) in [5.74, 6) is 0.949. The Hall–Kier alpha value is -0.0800. The molecule has 0 aromatic carbocycles. The van der Waals surface area contributed by atoms with Crippen molar-refractivity contribution >= 4 is 0 Å². The van der Waals surface area contributed by atoms with Gasteiger partial charge in [0.1, 0.15) is 0 Å². The summed E-state index contributed by atoms with van der Waals surface area (Å²) in [6.45, 7) is 9.35. The molecule has 2 nitrogen and oxygen atoms in total. The third-order valence-corrected chi connectivity index (χ3v) is 3.95. The van der Waals surface area contributed by atoms with Gasteiger partial charge >= 0.3 is 0 Å². The maximum absolute atomic E-state index is 3.70. The average Bonchev–Trinajstić information content (AvgIpc) is 2.63. The zero-order valence-electron chi connectivity index (χ0n) is 11.6. The zero-order valence-corrected chi connectivity index (χ0v) is 11.6. The van der Waals surface area contributed by atoms with Gasteiger partial charge in [-0.05, 0) is 72.0 Å². The first-order chi connectivity index (χ1) is 7.59. The molecular formula is C14H30N2. The van der Waals surface area contributed by atoms with E-state index in [0.29, 0.717) is 6.04 Å². The van der Waals surface area contributed by atoms with E-state index in [2.05, 4.69) is 38.0 Å². The van der Waals surface area contributed by atoms with Crippen LogP contribution in [-0.2, 0) is 0 Å². The second-order valence-corrected chi connectivity index (χ2v) is 5.85. The van der Waals surface area contributed by atoms with E-state index in [4.69, 9.17) is 0 Å². The van der Waals surface area contributed by atoms with Crippen LogP contribution in [0.15, 0.2) is 0 Å². The van der Waals surface area contributed by atoms with Gasteiger partial charge in [-0.3, -0.25) is 0 Å². The van der Waals surface area contributed by atoms with Gasteiger partial charge in [0.2, 0.25) is 0 Å². The molecule has 0 radical (unpaired) electrons. The predicted octanol–water partition coefficient (Wildman–Crippen LogP) is 2.89. The highest BCUT2D eigenvalue weighted by Crippen LogP contribution is 2.24. The summed E-state index contributed by atoms with van der Waals surface area (Å²) in [5.41, 5.74) is 0. The van der Waals surface area contributed by atoms with Gasteiger partial charge in [0.05, 0.1) is 0 Å². The Morgan fingerprint density at radius 1 is 1.25 bits per heavy atom. The number of rotatable bonds is 7. The summed E-state index contributed by atoms with van der Waals surface area (Å²) in [4.78, 5) is 2.43. The molecule has 0 saturated heterocycles. The second kappa shape index (κ2) is 7.29. The lowest BCUT2D eigenvalue weighted by Gasteiger charge is -2.21. The summed E-state index contributed by atoms with van der Waals surface area (Å²) in [7, 11) is 2.22. The van der Waals surface area contributed by atoms with Crippen LogP contribution in [0.1, 0.15) is 52.9 Å². The van der Waals surface area contributed by atoms with Crippen molar-refractivity contribution in [2.45, 2.75) is 65.0 Å². The van der Waals surface area contributed by atoms with E-state index in [9.17, 15) is 0 Å². The van der Waals surface area contributed by atoms with E-state index in [1.165, 1.54) is 45.2 Å². The predicted molar refractivity (Wildman–Crippen MR) is 71.8 cm³/mol. The summed E-state index contributed by atoms with van der Waals surface area (Å²) in [5, 5.41) is 3.70. The molecule has 1 saturated carbocycles. The van der Waals surface area contributed by atoms with Crippen molar-refractivity contribution in [2.24, 2.45) is 5.92 Å². The molecule has 96 valence electrons. The molecule has 0 aromatic heterocycles. The first-order valence-electron chi connectivity index (χ1n) is 7.03. The molecule has 0 aromatic rings. The Kier molecular flexibility index (Phi) is 6.37. The molecule has 1 rings (SSSR count). The van der Waals surface area contributed by atoms with Crippen LogP contribution in [0, 0.1) is 5.92 Å². The molecule has 2 unspecified atom stereocenters. The fourth-order valence-corrected chi connectivity index (χ4v) is 2.44. The van der Waals surface area contributed by atoms with Crippen molar-refractivity contribution in [1.82, 2.24) is 10.2 Å². The van der Waals surface area contributed by atoms with E-state index in [1.807, 2.05) is 0 Å². The minimum atomic E-state index is 0.684. The van der Waals surface area contributed by atoms with Gasteiger partial charge in [0.25, 0.3) is 0 Å². The summed E-state index contributed by atoms with van der Waals surface area (Å²) in [6.07, 6.45) is 6.86. The smallest absolute Gasteiger partial charge is 0.00696 e. The normalized spacial score (nSPS) is 25.9. The van der Waals surface area contributed by atoms with Crippen LogP contribution in [0.25, 0.3) is 0 Å². The molecule has 2 heteroatoms. The van der Waals surface area contributed by atoms with Crippen LogP contribution in [0.3, 0.4) is 0 Å². The number of nitrogens with one attached hydrogen (secondary N) is 1. The standard InChI is InChI=1S/C14H30N2/c1-12(2)16(4)10-6-5-9-15-14-8-7-13(3)11-14/h12-15H,5-11H2,1-4H3. The lowest BCUT2D eigenvalue weighted by molar-refractivity contribution is 0.267. The molecule has 1 aliphatic rings. The van der Waals surface area contributed by atoms with Gasteiger partial charge in [-0.2, -0.15) is 0 Å². The molecular weight excluding hydrogens is 196 g/mol. The molecule has 0 spiro atoms. The summed E-state index contributed by atoms with van der Waals surface area (Å²) in [6, 6.07) is 1.50. The minimum absolute atomic E-state index is 0.684. The highest BCUT2D eigenvalue weighted by Gasteiger charge is 2.19. The van der Waals surface area contributed by atoms with Crippen LogP contribution in [0.5, 0.6) is 0 Å². The van der Waals surface area contributed by atoms with Gasteiger partial charge in [-0.15, -0.1) is 0 Å². The molecule has 2 atom stereocenters. The summed E-state index contributed by atoms with van der Waals surface area (Å²) >= 11 is 0.